The first-order chi connectivity index (χ1) is 18.1. The molecule has 0 heterocycles. The van der Waals surface area contributed by atoms with Gasteiger partial charge in [0.25, 0.3) is 0 Å². The molecular weight excluding hydrogens is 462 g/mol. The highest BCUT2D eigenvalue weighted by molar-refractivity contribution is 5.98. The lowest BCUT2D eigenvalue weighted by Gasteiger charge is -2.19. The van der Waals surface area contributed by atoms with E-state index in [1.807, 2.05) is 6.07 Å². The molecule has 0 radical (unpaired) electrons. The summed E-state index contributed by atoms with van der Waals surface area (Å²) in [7, 11) is 5.08. The van der Waals surface area contributed by atoms with Gasteiger partial charge >= 0.3 is 0 Å². The van der Waals surface area contributed by atoms with Crippen molar-refractivity contribution in [3.05, 3.63) is 83.4 Å². The molecular formula is C32H35NO4. The highest BCUT2D eigenvalue weighted by atomic mass is 16.5. The molecule has 0 aliphatic heterocycles. The molecule has 37 heavy (non-hydrogen) atoms. The summed E-state index contributed by atoms with van der Waals surface area (Å²) in [6.07, 6.45) is 0. The standard InChI is InChI=1S/C32H35NO4/c1-6-33(7-2)16-17-37-23-11-8-21(9-12-23)31-28-20-30(36-5)29(35-4)19-27(28)26-14-10-22-18-24(34-3)13-15-25(22)32(26)31/h8-15,18-20,31H,6-7,16-17H2,1-5H3. The average Bonchev–Trinajstić information content (AvgIpc) is 3.28. The Labute approximate surface area is 219 Å². The number of likely N-dealkylation sites (N-methyl/N-ethyl adjacent to an activating group) is 1. The fourth-order valence-electron chi connectivity index (χ4n) is 5.46. The first kappa shape index (κ1) is 25.0. The topological polar surface area (TPSA) is 40.2 Å². The summed E-state index contributed by atoms with van der Waals surface area (Å²) in [5.74, 6) is 3.28. The summed E-state index contributed by atoms with van der Waals surface area (Å²) >= 11 is 0. The predicted octanol–water partition coefficient (Wildman–Crippen LogP) is 6.75. The highest BCUT2D eigenvalue weighted by Gasteiger charge is 2.33. The van der Waals surface area contributed by atoms with Gasteiger partial charge in [-0.2, -0.15) is 0 Å². The minimum atomic E-state index is 0.0617. The fourth-order valence-corrected chi connectivity index (χ4v) is 5.46. The molecule has 0 saturated carbocycles. The zero-order valence-corrected chi connectivity index (χ0v) is 22.3. The Kier molecular flexibility index (Phi) is 7.24. The van der Waals surface area contributed by atoms with Crippen LogP contribution in [0.15, 0.2) is 66.7 Å². The number of nitrogens with zero attached hydrogens (tertiary/aromatic N) is 1. The van der Waals surface area contributed by atoms with E-state index in [1.54, 1.807) is 21.3 Å². The van der Waals surface area contributed by atoms with Gasteiger partial charge in [0.2, 0.25) is 0 Å². The van der Waals surface area contributed by atoms with Gasteiger partial charge in [0.1, 0.15) is 18.1 Å². The van der Waals surface area contributed by atoms with Crippen molar-refractivity contribution in [3.63, 3.8) is 0 Å². The number of hydrogen-bond acceptors (Lipinski definition) is 5. The van der Waals surface area contributed by atoms with Crippen LogP contribution in [0.3, 0.4) is 0 Å². The van der Waals surface area contributed by atoms with Crippen LogP contribution in [-0.4, -0.2) is 52.5 Å². The Morgan fingerprint density at radius 2 is 1.41 bits per heavy atom. The Bertz CT molecular complexity index is 1390. The Hall–Kier alpha value is -3.70. The van der Waals surface area contributed by atoms with Crippen LogP contribution in [0.1, 0.15) is 36.5 Å². The van der Waals surface area contributed by atoms with Crippen molar-refractivity contribution in [3.8, 4) is 34.1 Å². The number of benzene rings is 4. The molecule has 1 aliphatic carbocycles. The lowest BCUT2D eigenvalue weighted by Crippen LogP contribution is -2.27. The SMILES string of the molecule is CCN(CC)CCOc1ccc(C2c3cc(OC)c(OC)cc3-c3ccc4cc(OC)ccc4c32)cc1. The van der Waals surface area contributed by atoms with Crippen LogP contribution in [0, 0.1) is 0 Å². The van der Waals surface area contributed by atoms with Crippen LogP contribution in [0.2, 0.25) is 0 Å². The first-order valence-corrected chi connectivity index (χ1v) is 12.9. The minimum Gasteiger partial charge on any atom is -0.497 e. The second-order valence-corrected chi connectivity index (χ2v) is 9.29. The van der Waals surface area contributed by atoms with E-state index in [-0.39, 0.29) is 5.92 Å². The maximum Gasteiger partial charge on any atom is 0.161 e. The maximum absolute atomic E-state index is 6.07. The van der Waals surface area contributed by atoms with E-state index >= 15 is 0 Å². The molecule has 0 spiro atoms. The molecule has 5 rings (SSSR count). The molecule has 0 fully saturated rings. The lowest BCUT2D eigenvalue weighted by molar-refractivity contribution is 0.223. The number of fused-ring (bicyclic) bond motifs is 5. The van der Waals surface area contributed by atoms with E-state index < -0.39 is 0 Å². The molecule has 0 amide bonds. The summed E-state index contributed by atoms with van der Waals surface area (Å²) in [6, 6.07) is 23.5. The van der Waals surface area contributed by atoms with Crippen LogP contribution in [-0.2, 0) is 0 Å². The summed E-state index contributed by atoms with van der Waals surface area (Å²) in [5.41, 5.74) is 6.12. The minimum absolute atomic E-state index is 0.0617. The van der Waals surface area contributed by atoms with E-state index in [0.29, 0.717) is 6.61 Å². The molecule has 0 bridgehead atoms. The second-order valence-electron chi connectivity index (χ2n) is 9.29. The second kappa shape index (κ2) is 10.7. The zero-order valence-electron chi connectivity index (χ0n) is 22.3. The van der Waals surface area contributed by atoms with Gasteiger partial charge < -0.3 is 23.8 Å². The summed E-state index contributed by atoms with van der Waals surface area (Å²) in [5, 5.41) is 2.38. The van der Waals surface area contributed by atoms with Crippen LogP contribution in [0.5, 0.6) is 23.0 Å². The molecule has 4 aromatic rings. The number of ether oxygens (including phenoxy) is 4. The van der Waals surface area contributed by atoms with E-state index in [2.05, 4.69) is 79.4 Å². The van der Waals surface area contributed by atoms with E-state index in [4.69, 9.17) is 18.9 Å². The van der Waals surface area contributed by atoms with Crippen molar-refractivity contribution in [1.82, 2.24) is 4.90 Å². The van der Waals surface area contributed by atoms with Gasteiger partial charge in [0.15, 0.2) is 11.5 Å². The van der Waals surface area contributed by atoms with Gasteiger partial charge in [0, 0.05) is 12.5 Å². The quantitative estimate of drug-likeness (QED) is 0.214. The highest BCUT2D eigenvalue weighted by Crippen LogP contribution is 2.53. The van der Waals surface area contributed by atoms with E-state index in [1.165, 1.54) is 33.2 Å². The number of hydrogen-bond donors (Lipinski definition) is 0. The molecule has 1 atom stereocenters. The molecule has 1 unspecified atom stereocenters. The van der Waals surface area contributed by atoms with Crippen molar-refractivity contribution in [2.75, 3.05) is 47.6 Å². The summed E-state index contributed by atoms with van der Waals surface area (Å²) < 4.78 is 22.9. The number of methoxy groups -OCH3 is 3. The van der Waals surface area contributed by atoms with Gasteiger partial charge in [-0.05, 0) is 88.1 Å². The molecule has 1 aliphatic rings. The summed E-state index contributed by atoms with van der Waals surface area (Å²) in [4.78, 5) is 2.36. The van der Waals surface area contributed by atoms with Gasteiger partial charge in [-0.3, -0.25) is 0 Å². The molecule has 4 aromatic carbocycles. The molecule has 0 aromatic heterocycles. The predicted molar refractivity (Wildman–Crippen MR) is 150 cm³/mol. The molecule has 5 heteroatoms. The molecule has 0 N–H and O–H groups in total. The van der Waals surface area contributed by atoms with Gasteiger partial charge in [-0.25, -0.2) is 0 Å². The third-order valence-electron chi connectivity index (χ3n) is 7.50. The van der Waals surface area contributed by atoms with Crippen molar-refractivity contribution in [2.24, 2.45) is 0 Å². The smallest absolute Gasteiger partial charge is 0.161 e. The molecule has 192 valence electrons. The number of rotatable bonds is 10. The van der Waals surface area contributed by atoms with Crippen molar-refractivity contribution < 1.29 is 18.9 Å². The lowest BCUT2D eigenvalue weighted by atomic mass is 9.86. The molecule has 0 saturated heterocycles. The van der Waals surface area contributed by atoms with Crippen LogP contribution in [0.4, 0.5) is 0 Å². The molecule has 5 nitrogen and oxygen atoms in total. The Balaban J connectivity index is 1.58. The van der Waals surface area contributed by atoms with Gasteiger partial charge in [-0.15, -0.1) is 0 Å². The Morgan fingerprint density at radius 3 is 2.08 bits per heavy atom. The zero-order chi connectivity index (χ0) is 25.9. The van der Waals surface area contributed by atoms with Crippen LogP contribution in [0.25, 0.3) is 21.9 Å². The monoisotopic (exact) mass is 497 g/mol. The normalized spacial score (nSPS) is 13.9. The van der Waals surface area contributed by atoms with Gasteiger partial charge in [-0.1, -0.05) is 44.2 Å². The maximum atomic E-state index is 6.07. The fraction of sp³-hybridized carbons (Fsp3) is 0.312. The van der Waals surface area contributed by atoms with E-state index in [9.17, 15) is 0 Å². The van der Waals surface area contributed by atoms with Crippen LogP contribution >= 0.6 is 0 Å². The first-order valence-electron chi connectivity index (χ1n) is 12.9. The third-order valence-corrected chi connectivity index (χ3v) is 7.50. The van der Waals surface area contributed by atoms with Crippen LogP contribution < -0.4 is 18.9 Å². The average molecular weight is 498 g/mol. The van der Waals surface area contributed by atoms with Crippen molar-refractivity contribution in [2.45, 2.75) is 19.8 Å². The Morgan fingerprint density at radius 1 is 0.703 bits per heavy atom. The largest absolute Gasteiger partial charge is 0.497 e. The van der Waals surface area contributed by atoms with Crippen molar-refractivity contribution in [1.29, 1.82) is 0 Å². The summed E-state index contributed by atoms with van der Waals surface area (Å²) in [6.45, 7) is 8.04. The third kappa shape index (κ3) is 4.60. The van der Waals surface area contributed by atoms with Crippen molar-refractivity contribution >= 4 is 10.8 Å². The van der Waals surface area contributed by atoms with E-state index in [0.717, 1.165) is 48.0 Å². The van der Waals surface area contributed by atoms with Gasteiger partial charge in [0.05, 0.1) is 21.3 Å².